The van der Waals surface area contributed by atoms with Crippen molar-refractivity contribution in [2.24, 2.45) is 0 Å². The molecule has 0 saturated carbocycles. The number of hydrogen-bond donors (Lipinski definition) is 1. The van der Waals surface area contributed by atoms with E-state index in [-0.39, 0.29) is 62.0 Å². The van der Waals surface area contributed by atoms with Crippen molar-refractivity contribution >= 4 is 5.97 Å². The third kappa shape index (κ3) is 16.0. The van der Waals surface area contributed by atoms with Crippen LogP contribution in [-0.4, -0.2) is 11.1 Å². The van der Waals surface area contributed by atoms with Crippen molar-refractivity contribution in [3.05, 3.63) is 24.3 Å². The fourth-order valence-corrected chi connectivity index (χ4v) is 0.249. The summed E-state index contributed by atoms with van der Waals surface area (Å²) in [4.78, 5) is 9.75. The van der Waals surface area contributed by atoms with Gasteiger partial charge in [0.15, 0.2) is 0 Å². The van der Waals surface area contributed by atoms with Crippen molar-refractivity contribution in [2.75, 3.05) is 0 Å². The molecular formula is C6H10Na2O2. The average molecular weight is 160 g/mol. The van der Waals surface area contributed by atoms with Crippen LogP contribution in [0.25, 0.3) is 0 Å². The Bertz CT molecular complexity index is 138. The predicted molar refractivity (Wildman–Crippen MR) is 33.8 cm³/mol. The maximum atomic E-state index is 9.75. The maximum absolute atomic E-state index is 9.75. The molecule has 0 aliphatic rings. The Morgan fingerprint density at radius 1 is 1.40 bits per heavy atom. The Kier molecular flexibility index (Phi) is 21.6. The van der Waals surface area contributed by atoms with Gasteiger partial charge in [-0.15, -0.1) is 0 Å². The monoisotopic (exact) mass is 160 g/mol. The molecule has 1 N–H and O–H groups in total. The first-order valence-corrected chi connectivity index (χ1v) is 2.29. The summed E-state index contributed by atoms with van der Waals surface area (Å²) in [6.45, 7) is 1.83. The molecule has 0 aliphatic carbocycles. The van der Waals surface area contributed by atoms with Gasteiger partial charge < -0.3 is 7.96 Å². The Morgan fingerprint density at radius 3 is 2.20 bits per heavy atom. The van der Waals surface area contributed by atoms with Crippen LogP contribution in [0, 0.1) is 0 Å². The van der Waals surface area contributed by atoms with Crippen molar-refractivity contribution in [3.63, 3.8) is 0 Å². The van der Waals surface area contributed by atoms with Gasteiger partial charge in [-0.1, -0.05) is 18.2 Å². The first-order valence-electron chi connectivity index (χ1n) is 2.29. The number of hydrogen-bond acceptors (Lipinski definition) is 1. The maximum Gasteiger partial charge on any atom is 1.00 e. The van der Waals surface area contributed by atoms with Crippen LogP contribution in [-0.2, 0) is 4.79 Å². The molecule has 0 aliphatic heterocycles. The van der Waals surface area contributed by atoms with Gasteiger partial charge in [-0.05, 0) is 6.92 Å². The zero-order valence-electron chi connectivity index (χ0n) is 8.66. The van der Waals surface area contributed by atoms with E-state index in [9.17, 15) is 4.79 Å². The number of aliphatic carboxylic acids is 1. The van der Waals surface area contributed by atoms with Gasteiger partial charge in [0, 0.05) is 6.08 Å². The molecule has 0 unspecified atom stereocenters. The minimum atomic E-state index is -0.914. The van der Waals surface area contributed by atoms with Gasteiger partial charge in [0.05, 0.1) is 0 Å². The summed E-state index contributed by atoms with van der Waals surface area (Å²) in [5, 5.41) is 8.02. The molecule has 0 atom stereocenters. The topological polar surface area (TPSA) is 37.3 Å². The summed E-state index contributed by atoms with van der Waals surface area (Å²) >= 11 is 0. The first kappa shape index (κ1) is 17.2. The van der Waals surface area contributed by atoms with Gasteiger partial charge in [0.25, 0.3) is 0 Å². The molecule has 0 aromatic heterocycles. The number of carboxylic acids is 1. The second-order valence-corrected chi connectivity index (χ2v) is 1.22. The molecule has 0 heterocycles. The number of carbonyl (C=O) groups is 1. The van der Waals surface area contributed by atoms with Crippen molar-refractivity contribution in [3.8, 4) is 0 Å². The van der Waals surface area contributed by atoms with Crippen LogP contribution in [0.3, 0.4) is 0 Å². The molecule has 2 nitrogen and oxygen atoms in total. The molecule has 0 aromatic carbocycles. The van der Waals surface area contributed by atoms with E-state index in [1.165, 1.54) is 6.08 Å². The molecule has 0 radical (unpaired) electrons. The van der Waals surface area contributed by atoms with Crippen molar-refractivity contribution in [1.29, 1.82) is 0 Å². The van der Waals surface area contributed by atoms with E-state index in [2.05, 4.69) is 0 Å². The van der Waals surface area contributed by atoms with E-state index in [1.807, 2.05) is 6.92 Å². The molecular weight excluding hydrogens is 150 g/mol. The van der Waals surface area contributed by atoms with Gasteiger partial charge in [0.2, 0.25) is 0 Å². The summed E-state index contributed by atoms with van der Waals surface area (Å²) in [6.07, 6.45) is 5.98. The van der Waals surface area contributed by atoms with Crippen LogP contribution < -0.4 is 59.1 Å². The number of rotatable bonds is 2. The summed E-state index contributed by atoms with van der Waals surface area (Å²) in [5.41, 5.74) is 0. The van der Waals surface area contributed by atoms with Crippen LogP contribution >= 0.6 is 0 Å². The molecule has 0 bridgehead atoms. The van der Waals surface area contributed by atoms with E-state index in [1.54, 1.807) is 12.2 Å². The molecule has 0 rings (SSSR count). The second-order valence-electron chi connectivity index (χ2n) is 1.22. The number of carboxylic acid groups (broad SMARTS) is 1. The van der Waals surface area contributed by atoms with E-state index >= 15 is 0 Å². The molecule has 10 heavy (non-hydrogen) atoms. The van der Waals surface area contributed by atoms with Gasteiger partial charge >= 0.3 is 65.1 Å². The Balaban J connectivity index is -0.0000000408. The zero-order valence-corrected chi connectivity index (χ0v) is 10.7. The fourth-order valence-electron chi connectivity index (χ4n) is 0.249. The van der Waals surface area contributed by atoms with Gasteiger partial charge in [-0.25, -0.2) is 4.79 Å². The molecule has 0 saturated heterocycles. The van der Waals surface area contributed by atoms with Crippen molar-refractivity contribution in [1.82, 2.24) is 0 Å². The van der Waals surface area contributed by atoms with Crippen molar-refractivity contribution in [2.45, 2.75) is 6.92 Å². The average Bonchev–Trinajstić information content (AvgIpc) is 1.66. The van der Waals surface area contributed by atoms with Crippen LogP contribution in [0.2, 0.25) is 0 Å². The van der Waals surface area contributed by atoms with Crippen LogP contribution in [0.15, 0.2) is 24.3 Å². The number of allylic oxidation sites excluding steroid dienone is 3. The predicted octanol–water partition coefficient (Wildman–Crippen LogP) is -4.56. The standard InChI is InChI=1S/C6H8O2.2Na.2H/c1-2-3-4-5-6(7)8;;;;/h2-5H,1H3,(H,7,8);;;;/q;2*+1;2*-1/b3-2+,5-4+;;;;. The molecule has 0 aromatic rings. The Morgan fingerprint density at radius 2 is 1.90 bits per heavy atom. The van der Waals surface area contributed by atoms with Crippen molar-refractivity contribution < 1.29 is 71.9 Å². The smallest absolute Gasteiger partial charge is 1.00 e. The van der Waals surface area contributed by atoms with Crippen LogP contribution in [0.4, 0.5) is 0 Å². The third-order valence-electron chi connectivity index (χ3n) is 0.542. The summed E-state index contributed by atoms with van der Waals surface area (Å²) < 4.78 is 0. The molecule has 0 spiro atoms. The molecule has 48 valence electrons. The van der Waals surface area contributed by atoms with E-state index < -0.39 is 5.97 Å². The molecule has 4 heteroatoms. The summed E-state index contributed by atoms with van der Waals surface area (Å²) in [6, 6.07) is 0. The molecule has 0 fully saturated rings. The van der Waals surface area contributed by atoms with E-state index in [4.69, 9.17) is 5.11 Å². The van der Waals surface area contributed by atoms with Crippen LogP contribution in [0.1, 0.15) is 9.78 Å². The quantitative estimate of drug-likeness (QED) is 0.251. The van der Waals surface area contributed by atoms with Crippen LogP contribution in [0.5, 0.6) is 0 Å². The minimum absolute atomic E-state index is 0. The summed E-state index contributed by atoms with van der Waals surface area (Å²) in [5.74, 6) is -0.914. The third-order valence-corrected chi connectivity index (χ3v) is 0.542. The largest absolute Gasteiger partial charge is 1.00 e. The van der Waals surface area contributed by atoms with Gasteiger partial charge in [0.1, 0.15) is 0 Å². The van der Waals surface area contributed by atoms with E-state index in [0.29, 0.717) is 0 Å². The second kappa shape index (κ2) is 12.6. The van der Waals surface area contributed by atoms with E-state index in [0.717, 1.165) is 6.08 Å². The Labute approximate surface area is 108 Å². The molecule has 0 amide bonds. The van der Waals surface area contributed by atoms with Gasteiger partial charge in [-0.2, -0.15) is 0 Å². The normalized spacial score (nSPS) is 8.90. The van der Waals surface area contributed by atoms with Gasteiger partial charge in [-0.3, -0.25) is 0 Å². The SMILES string of the molecule is C/C=C/C=C/C(=O)O.[H-].[H-].[Na+].[Na+]. The fraction of sp³-hybridized carbons (Fsp3) is 0.167. The minimum Gasteiger partial charge on any atom is -1.00 e. The first-order chi connectivity index (χ1) is 3.77. The Hall–Kier alpha value is 0.950. The zero-order chi connectivity index (χ0) is 6.41. The summed E-state index contributed by atoms with van der Waals surface area (Å²) in [7, 11) is 0.